The van der Waals surface area contributed by atoms with Crippen LogP contribution in [0.15, 0.2) is 0 Å². The molecule has 1 rings (SSSR count). The maximum atomic E-state index is 7.96. The first-order valence-electron chi connectivity index (χ1n) is 8.75. The van der Waals surface area contributed by atoms with Gasteiger partial charge < -0.3 is 0 Å². The summed E-state index contributed by atoms with van der Waals surface area (Å²) in [6.07, 6.45) is -16.8. The van der Waals surface area contributed by atoms with Crippen LogP contribution in [-0.2, 0) is 0 Å². The van der Waals surface area contributed by atoms with E-state index in [1.165, 1.54) is 0 Å². The molecule has 0 aromatic rings. The Bertz CT molecular complexity index is 300. The van der Waals surface area contributed by atoms with Crippen LogP contribution in [0.1, 0.15) is 62.2 Å². The highest BCUT2D eigenvalue weighted by Gasteiger charge is 2.11. The fourth-order valence-corrected chi connectivity index (χ4v) is 0.469. The van der Waals surface area contributed by atoms with E-state index in [2.05, 4.69) is 0 Å². The fraction of sp³-hybridized carbons (Fsp3) is 1.00. The first kappa shape index (κ1) is 1.31. The van der Waals surface area contributed by atoms with Gasteiger partial charge in [0.25, 0.3) is 0 Å². The van der Waals surface area contributed by atoms with Gasteiger partial charge in [0, 0.05) is 16.4 Å². The molecule has 0 heteroatoms. The van der Waals surface area contributed by atoms with Crippen LogP contribution in [0.4, 0.5) is 0 Å². The lowest BCUT2D eigenvalue weighted by molar-refractivity contribution is 0.476. The lowest BCUT2D eigenvalue weighted by Crippen LogP contribution is -1.91. The van der Waals surface area contributed by atoms with Crippen LogP contribution in [0.3, 0.4) is 0 Å². The Balaban J connectivity index is 3.97. The van der Waals surface area contributed by atoms with Gasteiger partial charge >= 0.3 is 0 Å². The summed E-state index contributed by atoms with van der Waals surface area (Å²) < 4.78 is 94.1. The van der Waals surface area contributed by atoms with E-state index >= 15 is 0 Å². The molecule has 0 aliphatic heterocycles. The second-order valence-electron chi connectivity index (χ2n) is 1.88. The maximum Gasteiger partial charge on any atom is 0.0300 e. The van der Waals surface area contributed by atoms with E-state index in [1.54, 1.807) is 0 Å². The van der Waals surface area contributed by atoms with Gasteiger partial charge in [0.15, 0.2) is 0 Å². The van der Waals surface area contributed by atoms with Gasteiger partial charge in [0.05, 0.1) is 0 Å². The van der Waals surface area contributed by atoms with Crippen LogP contribution in [0.5, 0.6) is 0 Å². The van der Waals surface area contributed by atoms with Gasteiger partial charge in [-0.2, -0.15) is 0 Å². The predicted octanol–water partition coefficient (Wildman–Crippen LogP) is 3.22. The van der Waals surface area contributed by atoms with Crippen molar-refractivity contribution in [1.29, 1.82) is 0 Å². The molecule has 0 amide bonds. The first-order valence-corrected chi connectivity index (χ1v) is 2.75. The lowest BCUT2D eigenvalue weighted by Gasteiger charge is -2.05. The number of rotatable bonds is 0. The molecule has 0 nitrogen and oxygen atoms in total. The van der Waals surface area contributed by atoms with Crippen LogP contribution < -0.4 is 0 Å². The van der Waals surface area contributed by atoms with E-state index in [9.17, 15) is 0 Å². The topological polar surface area (TPSA) is 0 Å². The van der Waals surface area contributed by atoms with Crippen molar-refractivity contribution in [2.24, 2.45) is 11.8 Å². The van der Waals surface area contributed by atoms with Gasteiger partial charge in [0.1, 0.15) is 0 Å². The molecule has 2 atom stereocenters. The summed E-state index contributed by atoms with van der Waals surface area (Å²) in [6.45, 7) is 1.39. The molecule has 0 radical (unpaired) electrons. The zero-order valence-corrected chi connectivity index (χ0v) is 5.50. The summed E-state index contributed by atoms with van der Waals surface area (Å²) in [4.78, 5) is 0. The van der Waals surface area contributed by atoms with Crippen molar-refractivity contribution in [3.8, 4) is 0 Å². The highest BCUT2D eigenvalue weighted by molar-refractivity contribution is 4.64. The summed E-state index contributed by atoms with van der Waals surface area (Å²) in [6, 6.07) is 0. The molecule has 1 unspecified atom stereocenters. The highest BCUT2D eigenvalue weighted by atomic mass is 14.2. The Labute approximate surface area is 75.5 Å². The van der Waals surface area contributed by atoms with E-state index in [0.29, 0.717) is 13.8 Å². The van der Waals surface area contributed by atoms with Crippen LogP contribution in [0, 0.1) is 11.8 Å². The molecule has 1 aliphatic carbocycles. The van der Waals surface area contributed by atoms with Crippen molar-refractivity contribution in [2.45, 2.75) is 45.7 Å². The number of hydrogen-bond acceptors (Lipinski definition) is 0. The van der Waals surface area contributed by atoms with Gasteiger partial charge in [-0.1, -0.05) is 45.7 Å². The van der Waals surface area contributed by atoms with Crippen molar-refractivity contribution in [3.63, 3.8) is 0 Å². The second kappa shape index (κ2) is 3.24. The van der Waals surface area contributed by atoms with Gasteiger partial charge in [-0.25, -0.2) is 0 Å². The Morgan fingerprint density at radius 1 is 1.11 bits per heavy atom. The summed E-state index contributed by atoms with van der Waals surface area (Å²) in [5.74, 6) is -5.92. The third kappa shape index (κ3) is 2.38. The fourth-order valence-electron chi connectivity index (χ4n) is 0.469. The Morgan fingerprint density at radius 3 is 2.00 bits per heavy atom. The SMILES string of the molecule is [2H]C1([2H])C([2H])([2H])C([2H])([2H])[C@@]([2H])(C)C([2H])([2H])C([2H])([2H])C1([2H])C. The van der Waals surface area contributed by atoms with Gasteiger partial charge in [0.2, 0.25) is 0 Å². The van der Waals surface area contributed by atoms with E-state index in [0.717, 1.165) is 0 Å². The second-order valence-corrected chi connectivity index (χ2v) is 1.88. The first-order chi connectivity index (χ1) is 8.75. The maximum absolute atomic E-state index is 7.96. The van der Waals surface area contributed by atoms with Crippen LogP contribution in [0.25, 0.3) is 0 Å². The minimum absolute atomic E-state index is 0.695. The van der Waals surface area contributed by atoms with Crippen LogP contribution >= 0.6 is 0 Å². The average Bonchev–Trinajstić information content (AvgIpc) is 2.26. The predicted molar refractivity (Wildman–Crippen MR) is 41.4 cm³/mol. The summed E-state index contributed by atoms with van der Waals surface area (Å²) in [5, 5.41) is 0. The Hall–Kier alpha value is 0. The Morgan fingerprint density at radius 2 is 1.56 bits per heavy atom. The van der Waals surface area contributed by atoms with Crippen molar-refractivity contribution in [3.05, 3.63) is 0 Å². The van der Waals surface area contributed by atoms with Gasteiger partial charge in [-0.3, -0.25) is 0 Å². The average molecular weight is 138 g/mol. The van der Waals surface area contributed by atoms with Crippen molar-refractivity contribution >= 4 is 0 Å². The third-order valence-corrected chi connectivity index (χ3v) is 0.938. The molecule has 0 heterocycles. The quantitative estimate of drug-likeness (QED) is 0.451. The van der Waals surface area contributed by atoms with E-state index in [-0.39, 0.29) is 0 Å². The molecule has 1 saturated carbocycles. The molecular weight excluding hydrogens is 108 g/mol. The largest absolute Gasteiger partial charge is 0.0625 e. The van der Waals surface area contributed by atoms with E-state index < -0.39 is 43.7 Å². The van der Waals surface area contributed by atoms with Crippen molar-refractivity contribution in [2.75, 3.05) is 0 Å². The molecule has 1 aliphatic rings. The molecule has 0 aromatic heterocycles. The minimum Gasteiger partial charge on any atom is -0.0625 e. The van der Waals surface area contributed by atoms with Crippen molar-refractivity contribution in [1.82, 2.24) is 0 Å². The molecule has 0 N–H and O–H groups in total. The number of hydrogen-bond donors (Lipinski definition) is 0. The summed E-state index contributed by atoms with van der Waals surface area (Å²) in [5.41, 5.74) is 0. The molecule has 0 spiro atoms. The highest BCUT2D eigenvalue weighted by Crippen LogP contribution is 2.25. The van der Waals surface area contributed by atoms with Crippen LogP contribution in [-0.4, -0.2) is 0 Å². The Kier molecular flexibility index (Phi) is 0.470. The third-order valence-electron chi connectivity index (χ3n) is 0.938. The standard InChI is InChI=1S/C9H18/c1-8-4-3-5-9(2)7-6-8/h8-9H,3-7H2,1-2H3/t8-,9?/m1/s1/i3D2,4D2,5D2,6D2,7D2,8D,9D. The van der Waals surface area contributed by atoms with Crippen molar-refractivity contribution < 1.29 is 16.4 Å². The summed E-state index contributed by atoms with van der Waals surface area (Å²) >= 11 is 0. The molecule has 0 bridgehead atoms. The zero-order chi connectivity index (χ0) is 17.5. The molecular formula is C9H18. The lowest BCUT2D eigenvalue weighted by atomic mass is 10.0. The molecule has 0 saturated heterocycles. The molecule has 9 heavy (non-hydrogen) atoms. The summed E-state index contributed by atoms with van der Waals surface area (Å²) in [7, 11) is 0. The van der Waals surface area contributed by atoms with Crippen LogP contribution in [0.2, 0.25) is 0 Å². The van der Waals surface area contributed by atoms with E-state index in [1.807, 2.05) is 0 Å². The smallest absolute Gasteiger partial charge is 0.0300 e. The van der Waals surface area contributed by atoms with E-state index in [4.69, 9.17) is 16.4 Å². The van der Waals surface area contributed by atoms with Gasteiger partial charge in [-0.15, -0.1) is 0 Å². The normalized spacial score (nSPS) is 102. The van der Waals surface area contributed by atoms with Gasteiger partial charge in [-0.05, 0) is 11.8 Å². The molecule has 0 aromatic carbocycles. The molecule has 1 fully saturated rings. The minimum atomic E-state index is -3.45. The molecule has 54 valence electrons. The zero-order valence-electron chi connectivity index (χ0n) is 17.5. The monoisotopic (exact) mass is 138 g/mol.